The molecule has 0 radical (unpaired) electrons. The van der Waals surface area contributed by atoms with E-state index in [9.17, 15) is 23.8 Å². The Bertz CT molecular complexity index is 782. The van der Waals surface area contributed by atoms with Crippen molar-refractivity contribution in [3.63, 3.8) is 0 Å². The van der Waals surface area contributed by atoms with Crippen molar-refractivity contribution in [3.8, 4) is 11.5 Å². The summed E-state index contributed by atoms with van der Waals surface area (Å²) >= 11 is 0. The quantitative estimate of drug-likeness (QED) is 0.754. The molecule has 1 saturated heterocycles. The second-order valence-electron chi connectivity index (χ2n) is 5.70. The van der Waals surface area contributed by atoms with Gasteiger partial charge in [0.25, 0.3) is 5.91 Å². The van der Waals surface area contributed by atoms with E-state index < -0.39 is 17.5 Å². The molecule has 0 spiro atoms. The zero-order chi connectivity index (χ0) is 17.3. The van der Waals surface area contributed by atoms with Crippen molar-refractivity contribution < 1.29 is 23.8 Å². The number of phenolic OH excluding ortho intramolecular Hbond substituents is 2. The van der Waals surface area contributed by atoms with Crippen LogP contribution in [0, 0.1) is 11.6 Å². The Morgan fingerprint density at radius 1 is 1.12 bits per heavy atom. The van der Waals surface area contributed by atoms with Crippen molar-refractivity contribution in [1.29, 1.82) is 0 Å². The Hall–Kier alpha value is -2.83. The van der Waals surface area contributed by atoms with Gasteiger partial charge in [-0.3, -0.25) is 4.79 Å². The number of phenols is 2. The van der Waals surface area contributed by atoms with Gasteiger partial charge in [-0.05, 0) is 36.8 Å². The van der Waals surface area contributed by atoms with Gasteiger partial charge in [0.05, 0.1) is 5.69 Å². The standard InChI is InChI=1S/C17H16F2N2O3/c18-11-2-3-14(13(19)8-11)21-6-5-12(9-21)20-17(24)10-1-4-15(22)16(23)7-10/h1-4,7-8,12,22-23H,5-6,9H2,(H,20,24). The zero-order valence-electron chi connectivity index (χ0n) is 12.7. The molecule has 0 aliphatic carbocycles. The van der Waals surface area contributed by atoms with E-state index in [1.807, 2.05) is 0 Å². The molecule has 126 valence electrons. The first kappa shape index (κ1) is 16.0. The fourth-order valence-electron chi connectivity index (χ4n) is 2.77. The van der Waals surface area contributed by atoms with Gasteiger partial charge in [0, 0.05) is 30.8 Å². The number of carbonyl (C=O) groups excluding carboxylic acids is 1. The Labute approximate surface area is 137 Å². The van der Waals surface area contributed by atoms with Crippen LogP contribution in [0.2, 0.25) is 0 Å². The number of rotatable bonds is 3. The fourth-order valence-corrected chi connectivity index (χ4v) is 2.77. The van der Waals surface area contributed by atoms with Crippen LogP contribution in [0.1, 0.15) is 16.8 Å². The van der Waals surface area contributed by atoms with Gasteiger partial charge in [-0.25, -0.2) is 8.78 Å². The topological polar surface area (TPSA) is 72.8 Å². The average molecular weight is 334 g/mol. The number of benzene rings is 2. The number of aromatic hydroxyl groups is 2. The number of hydrogen-bond donors (Lipinski definition) is 3. The van der Waals surface area contributed by atoms with Crippen LogP contribution < -0.4 is 10.2 Å². The first-order chi connectivity index (χ1) is 11.4. The molecule has 1 amide bonds. The summed E-state index contributed by atoms with van der Waals surface area (Å²) in [6.45, 7) is 0.937. The first-order valence-electron chi connectivity index (χ1n) is 7.47. The molecular formula is C17H16F2N2O3. The Kier molecular flexibility index (Phi) is 4.24. The molecule has 0 aromatic heterocycles. The number of nitrogens with zero attached hydrogens (tertiary/aromatic N) is 1. The SMILES string of the molecule is O=C(NC1CCN(c2ccc(F)cc2F)C1)c1ccc(O)c(O)c1. The predicted octanol–water partition coefficient (Wildman–Crippen LogP) is 2.38. The number of amides is 1. The van der Waals surface area contributed by atoms with Gasteiger partial charge in [0.2, 0.25) is 0 Å². The van der Waals surface area contributed by atoms with Crippen molar-refractivity contribution in [2.24, 2.45) is 0 Å². The van der Waals surface area contributed by atoms with Crippen molar-refractivity contribution in [3.05, 3.63) is 53.6 Å². The first-order valence-corrected chi connectivity index (χ1v) is 7.47. The van der Waals surface area contributed by atoms with E-state index in [0.717, 1.165) is 6.07 Å². The molecule has 1 heterocycles. The van der Waals surface area contributed by atoms with E-state index in [4.69, 9.17) is 0 Å². The van der Waals surface area contributed by atoms with Crippen LogP contribution >= 0.6 is 0 Å². The van der Waals surface area contributed by atoms with Gasteiger partial charge >= 0.3 is 0 Å². The second kappa shape index (κ2) is 6.35. The van der Waals surface area contributed by atoms with E-state index in [0.29, 0.717) is 25.2 Å². The minimum absolute atomic E-state index is 0.196. The summed E-state index contributed by atoms with van der Waals surface area (Å²) in [6, 6.07) is 7.03. The molecule has 7 heteroatoms. The molecular weight excluding hydrogens is 318 g/mol. The number of anilines is 1. The van der Waals surface area contributed by atoms with Gasteiger partial charge in [-0.1, -0.05) is 0 Å². The number of carbonyl (C=O) groups is 1. The third kappa shape index (κ3) is 3.24. The van der Waals surface area contributed by atoms with Gasteiger partial charge in [0.1, 0.15) is 11.6 Å². The number of hydrogen-bond acceptors (Lipinski definition) is 4. The summed E-state index contributed by atoms with van der Waals surface area (Å²) in [4.78, 5) is 13.9. The zero-order valence-corrected chi connectivity index (χ0v) is 12.7. The lowest BCUT2D eigenvalue weighted by Crippen LogP contribution is -2.37. The van der Waals surface area contributed by atoms with E-state index in [-0.39, 0.29) is 23.1 Å². The highest BCUT2D eigenvalue weighted by Gasteiger charge is 2.26. The minimum atomic E-state index is -0.634. The summed E-state index contributed by atoms with van der Waals surface area (Å²) in [6.07, 6.45) is 0.618. The molecule has 1 unspecified atom stereocenters. The molecule has 3 N–H and O–H groups in total. The van der Waals surface area contributed by atoms with E-state index in [1.165, 1.54) is 30.3 Å². The van der Waals surface area contributed by atoms with E-state index in [2.05, 4.69) is 5.32 Å². The van der Waals surface area contributed by atoms with Gasteiger partial charge in [-0.15, -0.1) is 0 Å². The van der Waals surface area contributed by atoms with E-state index in [1.54, 1.807) is 4.90 Å². The molecule has 1 aliphatic rings. The highest BCUT2D eigenvalue weighted by Crippen LogP contribution is 2.26. The monoisotopic (exact) mass is 334 g/mol. The largest absolute Gasteiger partial charge is 0.504 e. The third-order valence-electron chi connectivity index (χ3n) is 4.01. The van der Waals surface area contributed by atoms with Crippen molar-refractivity contribution in [2.45, 2.75) is 12.5 Å². The minimum Gasteiger partial charge on any atom is -0.504 e. The van der Waals surface area contributed by atoms with Crippen LogP contribution in [-0.2, 0) is 0 Å². The van der Waals surface area contributed by atoms with Crippen LogP contribution in [0.4, 0.5) is 14.5 Å². The molecule has 1 fully saturated rings. The van der Waals surface area contributed by atoms with Crippen LogP contribution in [0.3, 0.4) is 0 Å². The van der Waals surface area contributed by atoms with Crippen molar-refractivity contribution >= 4 is 11.6 Å². The maximum atomic E-state index is 13.8. The molecule has 24 heavy (non-hydrogen) atoms. The Balaban J connectivity index is 1.65. The summed E-state index contributed by atoms with van der Waals surface area (Å²) in [5, 5.41) is 21.5. The lowest BCUT2D eigenvalue weighted by Gasteiger charge is -2.19. The number of halogens is 2. The third-order valence-corrected chi connectivity index (χ3v) is 4.01. The molecule has 1 aliphatic heterocycles. The molecule has 2 aromatic carbocycles. The molecule has 1 atom stereocenters. The lowest BCUT2D eigenvalue weighted by atomic mass is 10.1. The summed E-state index contributed by atoms with van der Waals surface area (Å²) < 4.78 is 26.8. The van der Waals surface area contributed by atoms with Crippen molar-refractivity contribution in [1.82, 2.24) is 5.32 Å². The summed E-state index contributed by atoms with van der Waals surface area (Å²) in [7, 11) is 0. The highest BCUT2D eigenvalue weighted by atomic mass is 19.1. The molecule has 0 saturated carbocycles. The summed E-state index contributed by atoms with van der Waals surface area (Å²) in [5.74, 6) is -2.33. The van der Waals surface area contributed by atoms with Crippen molar-refractivity contribution in [2.75, 3.05) is 18.0 Å². The van der Waals surface area contributed by atoms with Gasteiger partial charge in [0.15, 0.2) is 11.5 Å². The lowest BCUT2D eigenvalue weighted by molar-refractivity contribution is 0.0940. The average Bonchev–Trinajstić information content (AvgIpc) is 2.98. The van der Waals surface area contributed by atoms with Gasteiger partial charge in [-0.2, -0.15) is 0 Å². The molecule has 0 bridgehead atoms. The van der Waals surface area contributed by atoms with Crippen LogP contribution in [-0.4, -0.2) is 35.3 Å². The van der Waals surface area contributed by atoms with Crippen LogP contribution in [0.25, 0.3) is 0 Å². The second-order valence-corrected chi connectivity index (χ2v) is 5.70. The molecule has 5 nitrogen and oxygen atoms in total. The molecule has 2 aromatic rings. The predicted molar refractivity (Wildman–Crippen MR) is 84.2 cm³/mol. The Morgan fingerprint density at radius 2 is 1.92 bits per heavy atom. The van der Waals surface area contributed by atoms with Crippen LogP contribution in [0.15, 0.2) is 36.4 Å². The normalized spacial score (nSPS) is 17.1. The summed E-state index contributed by atoms with van der Waals surface area (Å²) in [5.41, 5.74) is 0.520. The van der Waals surface area contributed by atoms with Crippen LogP contribution in [0.5, 0.6) is 11.5 Å². The fraction of sp³-hybridized carbons (Fsp3) is 0.235. The van der Waals surface area contributed by atoms with E-state index >= 15 is 0 Å². The van der Waals surface area contributed by atoms with Gasteiger partial charge < -0.3 is 20.4 Å². The Morgan fingerprint density at radius 3 is 2.62 bits per heavy atom. The number of nitrogens with one attached hydrogen (secondary N) is 1. The maximum Gasteiger partial charge on any atom is 0.251 e. The smallest absolute Gasteiger partial charge is 0.251 e. The highest BCUT2D eigenvalue weighted by molar-refractivity contribution is 5.95. The maximum absolute atomic E-state index is 13.8. The molecule has 3 rings (SSSR count).